The zero-order valence-electron chi connectivity index (χ0n) is 10.6. The van der Waals surface area contributed by atoms with Gasteiger partial charge in [0, 0.05) is 18.5 Å². The lowest BCUT2D eigenvalue weighted by atomic mass is 9.82. The molecule has 3 N–H and O–H groups in total. The van der Waals surface area contributed by atoms with Crippen molar-refractivity contribution in [2.45, 2.75) is 37.6 Å². The molecule has 1 aliphatic carbocycles. The van der Waals surface area contributed by atoms with E-state index in [0.717, 1.165) is 25.7 Å². The number of hydrogen-bond donors (Lipinski definition) is 2. The number of pyridine rings is 1. The van der Waals surface area contributed by atoms with Crippen LogP contribution in [0.4, 0.5) is 0 Å². The first-order valence-corrected chi connectivity index (χ1v) is 6.50. The molecule has 0 radical (unpaired) electrons. The largest absolute Gasteiger partial charge is 0.367 e. The SMILES string of the molecule is NC1(c2noc(-c3c[nH]ccc3=O)n2)CCCCC1. The number of hydrogen-bond acceptors (Lipinski definition) is 5. The minimum absolute atomic E-state index is 0.149. The molecule has 0 atom stereocenters. The normalized spacial score (nSPS) is 18.4. The fourth-order valence-electron chi connectivity index (χ4n) is 2.52. The van der Waals surface area contributed by atoms with Crippen LogP contribution in [0.5, 0.6) is 0 Å². The molecule has 2 aromatic rings. The molecule has 1 fully saturated rings. The topological polar surface area (TPSA) is 97.8 Å². The first-order chi connectivity index (χ1) is 9.19. The highest BCUT2D eigenvalue weighted by Crippen LogP contribution is 2.33. The van der Waals surface area contributed by atoms with Crippen molar-refractivity contribution in [3.8, 4) is 11.5 Å². The van der Waals surface area contributed by atoms with Crippen LogP contribution < -0.4 is 11.2 Å². The fraction of sp³-hybridized carbons (Fsp3) is 0.462. The Kier molecular flexibility index (Phi) is 2.94. The Morgan fingerprint density at radius 2 is 2.11 bits per heavy atom. The molecule has 0 unspecified atom stereocenters. The first-order valence-electron chi connectivity index (χ1n) is 6.50. The summed E-state index contributed by atoms with van der Waals surface area (Å²) in [6.07, 6.45) is 8.19. The van der Waals surface area contributed by atoms with E-state index in [1.165, 1.54) is 12.5 Å². The minimum Gasteiger partial charge on any atom is -0.367 e. The first kappa shape index (κ1) is 12.1. The van der Waals surface area contributed by atoms with Gasteiger partial charge in [0.2, 0.25) is 0 Å². The molecule has 2 aromatic heterocycles. The Hall–Kier alpha value is -1.95. The van der Waals surface area contributed by atoms with E-state index in [9.17, 15) is 4.79 Å². The number of aromatic amines is 1. The van der Waals surface area contributed by atoms with Crippen LogP contribution in [-0.4, -0.2) is 15.1 Å². The average molecular weight is 260 g/mol. The van der Waals surface area contributed by atoms with E-state index in [2.05, 4.69) is 15.1 Å². The Bertz CT molecular complexity index is 625. The number of H-pyrrole nitrogens is 1. The van der Waals surface area contributed by atoms with Crippen LogP contribution in [0.3, 0.4) is 0 Å². The van der Waals surface area contributed by atoms with Crippen molar-refractivity contribution >= 4 is 0 Å². The summed E-state index contributed by atoms with van der Waals surface area (Å²) in [7, 11) is 0. The molecule has 0 aromatic carbocycles. The monoisotopic (exact) mass is 260 g/mol. The predicted molar refractivity (Wildman–Crippen MR) is 69.3 cm³/mol. The molecular weight excluding hydrogens is 244 g/mol. The second-order valence-electron chi connectivity index (χ2n) is 5.06. The maximum absolute atomic E-state index is 11.7. The third kappa shape index (κ3) is 2.19. The van der Waals surface area contributed by atoms with Crippen LogP contribution in [-0.2, 0) is 5.54 Å². The number of nitrogens with one attached hydrogen (secondary N) is 1. The van der Waals surface area contributed by atoms with E-state index >= 15 is 0 Å². The maximum Gasteiger partial charge on any atom is 0.263 e. The fourth-order valence-corrected chi connectivity index (χ4v) is 2.52. The van der Waals surface area contributed by atoms with Gasteiger partial charge in [0.25, 0.3) is 5.89 Å². The molecule has 100 valence electrons. The smallest absolute Gasteiger partial charge is 0.263 e. The Morgan fingerprint density at radius 1 is 1.32 bits per heavy atom. The van der Waals surface area contributed by atoms with Gasteiger partial charge >= 0.3 is 0 Å². The molecule has 0 bridgehead atoms. The van der Waals surface area contributed by atoms with Gasteiger partial charge in [0.15, 0.2) is 11.3 Å². The zero-order valence-corrected chi connectivity index (χ0v) is 10.6. The molecule has 6 heteroatoms. The maximum atomic E-state index is 11.7. The van der Waals surface area contributed by atoms with Crippen LogP contribution in [0.1, 0.15) is 37.9 Å². The van der Waals surface area contributed by atoms with E-state index in [4.69, 9.17) is 10.3 Å². The van der Waals surface area contributed by atoms with Crippen molar-refractivity contribution in [3.63, 3.8) is 0 Å². The molecule has 2 heterocycles. The Labute approximate surface area is 110 Å². The second kappa shape index (κ2) is 4.62. The summed E-state index contributed by atoms with van der Waals surface area (Å²) in [6, 6.07) is 1.43. The van der Waals surface area contributed by atoms with Crippen molar-refractivity contribution in [2.75, 3.05) is 0 Å². The molecule has 0 saturated heterocycles. The predicted octanol–water partition coefficient (Wildman–Crippen LogP) is 1.54. The van der Waals surface area contributed by atoms with Crippen molar-refractivity contribution in [2.24, 2.45) is 5.73 Å². The lowest BCUT2D eigenvalue weighted by molar-refractivity contribution is 0.275. The Balaban J connectivity index is 1.96. The highest BCUT2D eigenvalue weighted by molar-refractivity contribution is 5.50. The van der Waals surface area contributed by atoms with E-state index < -0.39 is 5.54 Å². The van der Waals surface area contributed by atoms with Gasteiger partial charge in [0.1, 0.15) is 5.56 Å². The molecule has 0 aliphatic heterocycles. The van der Waals surface area contributed by atoms with Gasteiger partial charge in [-0.1, -0.05) is 24.4 Å². The average Bonchev–Trinajstić information content (AvgIpc) is 2.90. The standard InChI is InChI=1S/C13H16N4O2/c14-13(5-2-1-3-6-13)12-16-11(19-17-12)9-8-15-7-4-10(9)18/h4,7-8H,1-3,5-6,14H2,(H,15,18). The third-order valence-corrected chi connectivity index (χ3v) is 3.67. The van der Waals surface area contributed by atoms with Gasteiger partial charge in [-0.3, -0.25) is 4.79 Å². The van der Waals surface area contributed by atoms with Crippen molar-refractivity contribution in [3.05, 3.63) is 34.5 Å². The van der Waals surface area contributed by atoms with Crippen LogP contribution in [0.2, 0.25) is 0 Å². The molecule has 1 aliphatic rings. The molecule has 19 heavy (non-hydrogen) atoms. The van der Waals surface area contributed by atoms with Crippen molar-refractivity contribution in [1.29, 1.82) is 0 Å². The highest BCUT2D eigenvalue weighted by atomic mass is 16.5. The van der Waals surface area contributed by atoms with E-state index in [0.29, 0.717) is 11.4 Å². The summed E-state index contributed by atoms with van der Waals surface area (Å²) in [6.45, 7) is 0. The van der Waals surface area contributed by atoms with E-state index in [-0.39, 0.29) is 11.3 Å². The lowest BCUT2D eigenvalue weighted by Crippen LogP contribution is -2.39. The van der Waals surface area contributed by atoms with Gasteiger partial charge in [-0.2, -0.15) is 4.98 Å². The van der Waals surface area contributed by atoms with Crippen molar-refractivity contribution < 1.29 is 4.52 Å². The number of rotatable bonds is 2. The minimum atomic E-state index is -0.512. The summed E-state index contributed by atoms with van der Waals surface area (Å²) in [5.74, 6) is 0.734. The number of aromatic nitrogens is 3. The number of nitrogens with zero attached hydrogens (tertiary/aromatic N) is 2. The zero-order chi connectivity index (χ0) is 13.3. The van der Waals surface area contributed by atoms with E-state index in [1.807, 2.05) is 0 Å². The molecule has 1 saturated carbocycles. The molecular formula is C13H16N4O2. The lowest BCUT2D eigenvalue weighted by Gasteiger charge is -2.29. The van der Waals surface area contributed by atoms with Crippen LogP contribution >= 0.6 is 0 Å². The van der Waals surface area contributed by atoms with Crippen molar-refractivity contribution in [1.82, 2.24) is 15.1 Å². The Morgan fingerprint density at radius 3 is 2.84 bits per heavy atom. The van der Waals surface area contributed by atoms with Gasteiger partial charge in [-0.15, -0.1) is 0 Å². The highest BCUT2D eigenvalue weighted by Gasteiger charge is 2.34. The van der Waals surface area contributed by atoms with Crippen LogP contribution in [0.25, 0.3) is 11.5 Å². The quantitative estimate of drug-likeness (QED) is 0.853. The van der Waals surface area contributed by atoms with Gasteiger partial charge in [0.05, 0.1) is 5.54 Å². The molecule has 3 rings (SSSR count). The van der Waals surface area contributed by atoms with E-state index in [1.54, 1.807) is 12.4 Å². The van der Waals surface area contributed by atoms with Gasteiger partial charge in [-0.25, -0.2) is 0 Å². The summed E-state index contributed by atoms with van der Waals surface area (Å²) >= 11 is 0. The van der Waals surface area contributed by atoms with Gasteiger partial charge < -0.3 is 15.2 Å². The number of nitrogens with two attached hydrogens (primary N) is 1. The molecule has 6 nitrogen and oxygen atoms in total. The molecule has 0 amide bonds. The third-order valence-electron chi connectivity index (χ3n) is 3.67. The summed E-state index contributed by atoms with van der Waals surface area (Å²) < 4.78 is 5.19. The summed E-state index contributed by atoms with van der Waals surface area (Å²) in [4.78, 5) is 18.9. The summed E-state index contributed by atoms with van der Waals surface area (Å²) in [5.41, 5.74) is 6.05. The molecule has 0 spiro atoms. The van der Waals surface area contributed by atoms with Gasteiger partial charge in [-0.05, 0) is 12.8 Å². The second-order valence-corrected chi connectivity index (χ2v) is 5.06. The summed E-state index contributed by atoms with van der Waals surface area (Å²) in [5, 5.41) is 3.97. The van der Waals surface area contributed by atoms with Crippen LogP contribution in [0, 0.1) is 0 Å². The van der Waals surface area contributed by atoms with Crippen LogP contribution in [0.15, 0.2) is 27.8 Å².